The Bertz CT molecular complexity index is 2620. The van der Waals surface area contributed by atoms with Crippen LogP contribution in [0.4, 0.5) is 34.9 Å². The van der Waals surface area contributed by atoms with Crippen LogP contribution in [0.5, 0.6) is 0 Å². The molecule has 1 atom stereocenters. The van der Waals surface area contributed by atoms with Crippen molar-refractivity contribution in [2.75, 3.05) is 69.4 Å². The van der Waals surface area contributed by atoms with Crippen molar-refractivity contribution in [3.63, 3.8) is 0 Å². The topological polar surface area (TPSA) is 127 Å². The number of rotatable bonds is 13. The van der Waals surface area contributed by atoms with E-state index in [-0.39, 0.29) is 17.8 Å². The van der Waals surface area contributed by atoms with Crippen LogP contribution in [0.1, 0.15) is 54.9 Å². The third-order valence-electron chi connectivity index (χ3n) is 11.9. The predicted octanol–water partition coefficient (Wildman–Crippen LogP) is 7.49. The second-order valence-electron chi connectivity index (χ2n) is 16.8. The van der Waals surface area contributed by atoms with Crippen molar-refractivity contribution in [2.24, 2.45) is 4.99 Å². The summed E-state index contributed by atoms with van der Waals surface area (Å²) in [6.45, 7) is 17.7. The van der Waals surface area contributed by atoms with Crippen LogP contribution in [0.15, 0.2) is 83.9 Å². The normalized spacial score (nSPS) is 14.7. The maximum absolute atomic E-state index is 13.6. The first-order chi connectivity index (χ1) is 29.9. The number of fused-ring (bicyclic) bond motifs is 2. The lowest BCUT2D eigenvalue weighted by Gasteiger charge is -2.35. The van der Waals surface area contributed by atoms with Crippen molar-refractivity contribution in [1.82, 2.24) is 29.7 Å². The highest BCUT2D eigenvalue weighted by Crippen LogP contribution is 2.31. The minimum atomic E-state index is -0.689. The largest absolute Gasteiger partial charge is 0.347 e. The fourth-order valence-electron chi connectivity index (χ4n) is 8.30. The van der Waals surface area contributed by atoms with Crippen molar-refractivity contribution < 1.29 is 9.59 Å². The highest BCUT2D eigenvalue weighted by atomic mass is 16.2. The average molecular weight is 828 g/mol. The molecule has 13 nitrogen and oxygen atoms in total. The summed E-state index contributed by atoms with van der Waals surface area (Å²) >= 11 is 0. The molecule has 1 fully saturated rings. The van der Waals surface area contributed by atoms with Crippen LogP contribution < -0.4 is 15.5 Å². The number of nitrogens with zero attached hydrogens (tertiary/aromatic N) is 9. The molecule has 1 saturated heterocycles. The average Bonchev–Trinajstić information content (AvgIpc) is 3.88. The number of hydrogen-bond donors (Lipinski definition) is 2. The monoisotopic (exact) mass is 827 g/mol. The van der Waals surface area contributed by atoms with Gasteiger partial charge in [0.2, 0.25) is 23.8 Å². The summed E-state index contributed by atoms with van der Waals surface area (Å²) in [4.78, 5) is 58.1. The Morgan fingerprint density at radius 3 is 2.35 bits per heavy atom. The molecular weight excluding hydrogens is 775 g/mol. The van der Waals surface area contributed by atoms with E-state index < -0.39 is 6.04 Å². The number of aromatic nitrogens is 3. The minimum Gasteiger partial charge on any atom is -0.347 e. The Morgan fingerprint density at radius 2 is 1.60 bits per heavy atom. The van der Waals surface area contributed by atoms with Gasteiger partial charge in [0.1, 0.15) is 6.04 Å². The molecule has 13 heteroatoms. The van der Waals surface area contributed by atoms with E-state index in [2.05, 4.69) is 82.8 Å². The molecule has 8 rings (SSSR count). The molecule has 2 aliphatic heterocycles. The summed E-state index contributed by atoms with van der Waals surface area (Å²) in [7, 11) is 5.38. The molecule has 5 aromatic rings. The Balaban J connectivity index is 0.990. The summed E-state index contributed by atoms with van der Waals surface area (Å²) in [5.74, 6) is 0.968. The van der Waals surface area contributed by atoms with E-state index in [1.54, 1.807) is 31.1 Å². The van der Waals surface area contributed by atoms with Crippen molar-refractivity contribution >= 4 is 58.5 Å². The van der Waals surface area contributed by atoms with Gasteiger partial charge in [-0.1, -0.05) is 60.7 Å². The van der Waals surface area contributed by atoms with Crippen molar-refractivity contribution in [1.29, 1.82) is 0 Å². The number of aliphatic imine (C=N–C) groups is 1. The summed E-state index contributed by atoms with van der Waals surface area (Å²) in [6.07, 6.45) is 6.28. The molecule has 3 heterocycles. The first-order valence-corrected chi connectivity index (χ1v) is 21.1. The van der Waals surface area contributed by atoms with E-state index in [0.717, 1.165) is 71.8 Å². The van der Waals surface area contributed by atoms with Gasteiger partial charge in [0.25, 0.3) is 5.91 Å². The summed E-state index contributed by atoms with van der Waals surface area (Å²) in [5.41, 5.74) is 13.3. The number of anilines is 4. The molecular formula is C49H53N11O2. The molecule has 1 aromatic heterocycles. The van der Waals surface area contributed by atoms with Gasteiger partial charge in [0.15, 0.2) is 5.69 Å². The number of carbonyl (C=O) groups excluding carboxylic acids is 2. The molecule has 0 bridgehead atoms. The van der Waals surface area contributed by atoms with Crippen molar-refractivity contribution in [3.8, 4) is 0 Å². The van der Waals surface area contributed by atoms with Crippen LogP contribution in [-0.2, 0) is 30.6 Å². The van der Waals surface area contributed by atoms with Crippen molar-refractivity contribution in [2.45, 2.75) is 52.6 Å². The third kappa shape index (κ3) is 9.51. The third-order valence-corrected chi connectivity index (χ3v) is 11.9. The maximum Gasteiger partial charge on any atom is 0.254 e. The molecule has 62 heavy (non-hydrogen) atoms. The first kappa shape index (κ1) is 41.8. The molecule has 2 amide bonds. The van der Waals surface area contributed by atoms with E-state index in [4.69, 9.17) is 26.5 Å². The summed E-state index contributed by atoms with van der Waals surface area (Å²) < 4.78 is 0. The van der Waals surface area contributed by atoms with Gasteiger partial charge in [-0.15, -0.1) is 0 Å². The second-order valence-corrected chi connectivity index (χ2v) is 16.8. The number of piperazine rings is 1. The first-order valence-electron chi connectivity index (χ1n) is 21.1. The lowest BCUT2D eigenvalue weighted by atomic mass is 9.99. The molecule has 4 aromatic carbocycles. The number of amides is 2. The molecule has 0 spiro atoms. The number of benzene rings is 4. The van der Waals surface area contributed by atoms with E-state index in [1.807, 2.05) is 48.0 Å². The van der Waals surface area contributed by atoms with Gasteiger partial charge < -0.3 is 25.3 Å². The van der Waals surface area contributed by atoms with Gasteiger partial charge in [-0.2, -0.15) is 15.0 Å². The highest BCUT2D eigenvalue weighted by molar-refractivity contribution is 5.97. The van der Waals surface area contributed by atoms with Crippen LogP contribution in [0.25, 0.3) is 10.9 Å². The summed E-state index contributed by atoms with van der Waals surface area (Å²) in [6, 6.07) is 23.3. The fraction of sp³-hybridized carbons (Fsp3) is 0.327. The molecule has 3 aliphatic rings. The van der Waals surface area contributed by atoms with E-state index in [1.165, 1.54) is 27.8 Å². The molecule has 316 valence electrons. The standard InChI is InChI=1S/C49H53N11O2/c1-31-22-38-27-41(51-43(38)24-32(31)2)30-58(7)49-55-47(54-48(56-49)53-44(46(62)57(5)6)26-34-14-16-39(50-4)17-15-34)52-40-13-8-10-35(25-40)29-59-18-20-60(21-19-59)45(61)42-28-37-12-9-11-36(37)23-33(42)3/h8-11,13-17,22-25,28,44H,12,18-21,26-27,29-30H2,1-3,5-7H3,(H2,52,53,54,55,56)/t44-/m0/s1. The quantitative estimate of drug-likeness (QED) is 0.116. The molecule has 0 saturated carbocycles. The zero-order valence-electron chi connectivity index (χ0n) is 36.4. The van der Waals surface area contributed by atoms with Gasteiger partial charge in [-0.05, 0) is 96.0 Å². The van der Waals surface area contributed by atoms with Gasteiger partial charge >= 0.3 is 0 Å². The van der Waals surface area contributed by atoms with E-state index in [9.17, 15) is 9.59 Å². The lowest BCUT2D eigenvalue weighted by Crippen LogP contribution is -2.48. The summed E-state index contributed by atoms with van der Waals surface area (Å²) in [5, 5.41) is 6.76. The Labute approximate surface area is 364 Å². The SMILES string of the molecule is [C-]#[N+]c1ccc(C[C@H](Nc2nc(Nc3cccc(CN4CCN(C(=O)c5cc6c(cc5C)C=CC6)CC4)c3)nc(N(C)CC3=Nc4cc(C)c(C)cc4C3)n2)C(=O)N(C)C)cc1. The molecule has 1 aliphatic carbocycles. The number of likely N-dealkylation sites (N-methyl/N-ethyl adjacent to an activating group) is 1. The van der Waals surface area contributed by atoms with Crippen LogP contribution >= 0.6 is 0 Å². The Hall–Kier alpha value is -6.91. The number of nitrogens with one attached hydrogen (secondary N) is 2. The molecule has 0 radical (unpaired) electrons. The van der Waals surface area contributed by atoms with Gasteiger partial charge in [-0.3, -0.25) is 19.5 Å². The van der Waals surface area contributed by atoms with Gasteiger partial charge in [0, 0.05) is 83.7 Å². The minimum absolute atomic E-state index is 0.110. The second kappa shape index (κ2) is 18.0. The van der Waals surface area contributed by atoms with Crippen LogP contribution in [0.3, 0.4) is 0 Å². The Morgan fingerprint density at radius 1 is 0.839 bits per heavy atom. The number of carbonyl (C=O) groups is 2. The molecule has 0 unspecified atom stereocenters. The zero-order chi connectivity index (χ0) is 43.5. The lowest BCUT2D eigenvalue weighted by molar-refractivity contribution is -0.129. The predicted molar refractivity (Wildman–Crippen MR) is 247 cm³/mol. The highest BCUT2D eigenvalue weighted by Gasteiger charge is 2.26. The van der Waals surface area contributed by atoms with Crippen molar-refractivity contribution in [3.05, 3.63) is 140 Å². The van der Waals surface area contributed by atoms with E-state index in [0.29, 0.717) is 43.6 Å². The van der Waals surface area contributed by atoms with Gasteiger partial charge in [-0.25, -0.2) is 4.85 Å². The van der Waals surface area contributed by atoms with Crippen LogP contribution in [0.2, 0.25) is 0 Å². The number of hydrogen-bond acceptors (Lipinski definition) is 10. The van der Waals surface area contributed by atoms with Crippen LogP contribution in [-0.4, -0.2) is 107 Å². The van der Waals surface area contributed by atoms with Gasteiger partial charge in [0.05, 0.1) is 18.8 Å². The molecule has 2 N–H and O–H groups in total. The zero-order valence-corrected chi connectivity index (χ0v) is 36.4. The number of aryl methyl sites for hydroxylation is 3. The van der Waals surface area contributed by atoms with Crippen LogP contribution in [0, 0.1) is 27.3 Å². The smallest absolute Gasteiger partial charge is 0.254 e. The fourth-order valence-corrected chi connectivity index (χ4v) is 8.30. The van der Waals surface area contributed by atoms with E-state index >= 15 is 0 Å². The Kier molecular flexibility index (Phi) is 12.1. The maximum atomic E-state index is 13.6. The number of allylic oxidation sites excluding steroid dienone is 1.